The van der Waals surface area contributed by atoms with Crippen molar-refractivity contribution >= 4 is 10.0 Å². The minimum atomic E-state index is -3.22. The molecule has 0 unspecified atom stereocenters. The fraction of sp³-hybridized carbons (Fsp3) is 1.00. The Morgan fingerprint density at radius 3 is 2.31 bits per heavy atom. The highest BCUT2D eigenvalue weighted by Gasteiger charge is 2.43. The molecule has 78 valence electrons. The average Bonchev–Trinajstić information content (AvgIpc) is 2.81. The lowest BCUT2D eigenvalue weighted by Crippen LogP contribution is -2.35. The average molecular weight is 209 g/mol. The van der Waals surface area contributed by atoms with E-state index in [1.165, 1.54) is 0 Å². The molecule has 0 aromatic rings. The van der Waals surface area contributed by atoms with Crippen LogP contribution in [0.15, 0.2) is 0 Å². The third kappa shape index (κ3) is 2.64. The number of nitrogens with one attached hydrogen (secondary N) is 1. The SMILES string of the molecule is CC(C)S(=O)(=O)NCC1(CF)CC1. The summed E-state index contributed by atoms with van der Waals surface area (Å²) in [6.07, 6.45) is 1.59. The zero-order valence-corrected chi connectivity index (χ0v) is 8.82. The maximum absolute atomic E-state index is 12.4. The summed E-state index contributed by atoms with van der Waals surface area (Å²) in [5, 5.41) is -0.442. The predicted molar refractivity (Wildman–Crippen MR) is 49.7 cm³/mol. The van der Waals surface area contributed by atoms with Gasteiger partial charge in [-0.1, -0.05) is 0 Å². The highest BCUT2D eigenvalue weighted by atomic mass is 32.2. The van der Waals surface area contributed by atoms with Crippen molar-refractivity contribution in [3.63, 3.8) is 0 Å². The second-order valence-electron chi connectivity index (χ2n) is 4.05. The maximum Gasteiger partial charge on any atom is 0.213 e. The molecule has 1 N–H and O–H groups in total. The molecule has 1 saturated carbocycles. The molecule has 0 aliphatic heterocycles. The van der Waals surface area contributed by atoms with Gasteiger partial charge >= 0.3 is 0 Å². The maximum atomic E-state index is 12.4. The van der Waals surface area contributed by atoms with Crippen LogP contribution in [0.3, 0.4) is 0 Å². The fourth-order valence-corrected chi connectivity index (χ4v) is 1.80. The van der Waals surface area contributed by atoms with Gasteiger partial charge in [0.05, 0.1) is 11.9 Å². The number of rotatable bonds is 5. The van der Waals surface area contributed by atoms with Gasteiger partial charge in [-0.3, -0.25) is 4.39 Å². The second kappa shape index (κ2) is 3.53. The van der Waals surface area contributed by atoms with E-state index in [2.05, 4.69) is 4.72 Å². The molecule has 1 rings (SSSR count). The summed E-state index contributed by atoms with van der Waals surface area (Å²) in [6, 6.07) is 0. The summed E-state index contributed by atoms with van der Waals surface area (Å²) in [4.78, 5) is 0. The summed E-state index contributed by atoms with van der Waals surface area (Å²) < 4.78 is 37.4. The van der Waals surface area contributed by atoms with Crippen molar-refractivity contribution < 1.29 is 12.8 Å². The third-order valence-corrected chi connectivity index (χ3v) is 4.30. The van der Waals surface area contributed by atoms with Gasteiger partial charge in [0.25, 0.3) is 0 Å². The van der Waals surface area contributed by atoms with Gasteiger partial charge in [0.1, 0.15) is 0 Å². The molecule has 5 heteroatoms. The molecule has 0 radical (unpaired) electrons. The van der Waals surface area contributed by atoms with Gasteiger partial charge in [-0.25, -0.2) is 13.1 Å². The van der Waals surface area contributed by atoms with Gasteiger partial charge in [0.2, 0.25) is 10.0 Å². The highest BCUT2D eigenvalue weighted by Crippen LogP contribution is 2.45. The molecule has 0 heterocycles. The van der Waals surface area contributed by atoms with Crippen LogP contribution in [0.2, 0.25) is 0 Å². The van der Waals surface area contributed by atoms with Gasteiger partial charge in [-0.2, -0.15) is 0 Å². The van der Waals surface area contributed by atoms with E-state index in [0.29, 0.717) is 0 Å². The Morgan fingerprint density at radius 2 is 2.00 bits per heavy atom. The van der Waals surface area contributed by atoms with Gasteiger partial charge in [0.15, 0.2) is 0 Å². The Labute approximate surface area is 78.8 Å². The molecule has 0 aromatic heterocycles. The van der Waals surface area contributed by atoms with Crippen LogP contribution in [0, 0.1) is 5.41 Å². The first kappa shape index (κ1) is 10.9. The summed E-state index contributed by atoms with van der Waals surface area (Å²) in [5.74, 6) is 0. The molecular weight excluding hydrogens is 193 g/mol. The first-order valence-electron chi connectivity index (χ1n) is 4.46. The number of alkyl halides is 1. The van der Waals surface area contributed by atoms with Crippen molar-refractivity contribution in [1.82, 2.24) is 4.72 Å². The van der Waals surface area contributed by atoms with Crippen molar-refractivity contribution in [2.24, 2.45) is 5.41 Å². The molecule has 0 spiro atoms. The zero-order chi connectivity index (χ0) is 10.1. The van der Waals surface area contributed by atoms with Crippen molar-refractivity contribution in [1.29, 1.82) is 0 Å². The van der Waals surface area contributed by atoms with Crippen LogP contribution in [0.4, 0.5) is 4.39 Å². The first-order valence-corrected chi connectivity index (χ1v) is 6.01. The third-order valence-electron chi connectivity index (χ3n) is 2.51. The zero-order valence-electron chi connectivity index (χ0n) is 8.01. The molecule has 1 fully saturated rings. The lowest BCUT2D eigenvalue weighted by molar-refractivity contribution is 0.341. The summed E-state index contributed by atoms with van der Waals surface area (Å²) in [5.41, 5.74) is -0.373. The predicted octanol–water partition coefficient (Wildman–Crippen LogP) is 1.06. The standard InChI is InChI=1S/C8H16FNO2S/c1-7(2)13(11,12)10-6-8(5-9)3-4-8/h7,10H,3-6H2,1-2H3. The first-order chi connectivity index (χ1) is 5.92. The second-order valence-corrected chi connectivity index (χ2v) is 6.37. The van der Waals surface area contributed by atoms with E-state index in [1.807, 2.05) is 0 Å². The highest BCUT2D eigenvalue weighted by molar-refractivity contribution is 7.90. The summed E-state index contributed by atoms with van der Waals surface area (Å²) in [6.45, 7) is 3.05. The fourth-order valence-electron chi connectivity index (χ4n) is 0.955. The molecule has 0 amide bonds. The van der Waals surface area contributed by atoms with Crippen LogP contribution in [0.1, 0.15) is 26.7 Å². The topological polar surface area (TPSA) is 46.2 Å². The molecule has 1 aliphatic rings. The van der Waals surface area contributed by atoms with E-state index in [0.717, 1.165) is 12.8 Å². The molecule has 13 heavy (non-hydrogen) atoms. The molecular formula is C8H16FNO2S. The van der Waals surface area contributed by atoms with Crippen molar-refractivity contribution in [3.05, 3.63) is 0 Å². The lowest BCUT2D eigenvalue weighted by atomic mass is 10.1. The van der Waals surface area contributed by atoms with Crippen LogP contribution in [-0.4, -0.2) is 26.9 Å². The molecule has 0 bridgehead atoms. The van der Waals surface area contributed by atoms with E-state index in [1.54, 1.807) is 13.8 Å². The van der Waals surface area contributed by atoms with E-state index in [9.17, 15) is 12.8 Å². The number of hydrogen-bond donors (Lipinski definition) is 1. The Balaban J connectivity index is 2.43. The van der Waals surface area contributed by atoms with E-state index >= 15 is 0 Å². The van der Waals surface area contributed by atoms with Gasteiger partial charge in [-0.05, 0) is 26.7 Å². The molecule has 1 aliphatic carbocycles. The van der Waals surface area contributed by atoms with Crippen LogP contribution in [-0.2, 0) is 10.0 Å². The van der Waals surface area contributed by atoms with Crippen LogP contribution < -0.4 is 4.72 Å². The Kier molecular flexibility index (Phi) is 2.97. The number of hydrogen-bond acceptors (Lipinski definition) is 2. The van der Waals surface area contributed by atoms with Gasteiger partial charge in [-0.15, -0.1) is 0 Å². The molecule has 3 nitrogen and oxygen atoms in total. The summed E-state index contributed by atoms with van der Waals surface area (Å²) >= 11 is 0. The van der Waals surface area contributed by atoms with Crippen LogP contribution in [0.5, 0.6) is 0 Å². The number of sulfonamides is 1. The van der Waals surface area contributed by atoms with Crippen LogP contribution in [0.25, 0.3) is 0 Å². The van der Waals surface area contributed by atoms with Crippen molar-refractivity contribution in [2.75, 3.05) is 13.2 Å². The quantitative estimate of drug-likeness (QED) is 0.736. The van der Waals surface area contributed by atoms with Gasteiger partial charge in [0, 0.05) is 12.0 Å². The monoisotopic (exact) mass is 209 g/mol. The summed E-state index contributed by atoms with van der Waals surface area (Å²) in [7, 11) is -3.22. The largest absolute Gasteiger partial charge is 0.250 e. The number of halogens is 1. The minimum absolute atomic E-state index is 0.254. The van der Waals surface area contributed by atoms with Crippen molar-refractivity contribution in [2.45, 2.75) is 31.9 Å². The minimum Gasteiger partial charge on any atom is -0.250 e. The Bertz CT molecular complexity index is 270. The molecule has 0 saturated heterocycles. The normalized spacial score (nSPS) is 20.6. The molecule has 0 atom stereocenters. The van der Waals surface area contributed by atoms with E-state index < -0.39 is 21.9 Å². The van der Waals surface area contributed by atoms with E-state index in [-0.39, 0.29) is 12.0 Å². The van der Waals surface area contributed by atoms with Crippen molar-refractivity contribution in [3.8, 4) is 0 Å². The van der Waals surface area contributed by atoms with E-state index in [4.69, 9.17) is 0 Å². The molecule has 0 aromatic carbocycles. The Morgan fingerprint density at radius 1 is 1.46 bits per heavy atom. The Hall–Kier alpha value is -0.160. The van der Waals surface area contributed by atoms with Crippen LogP contribution >= 0.6 is 0 Å². The lowest BCUT2D eigenvalue weighted by Gasteiger charge is -2.13. The van der Waals surface area contributed by atoms with Gasteiger partial charge < -0.3 is 0 Å². The smallest absolute Gasteiger partial charge is 0.213 e.